The number of hydrogen-bond donors (Lipinski definition) is 1. The average molecular weight is 295 g/mol. The van der Waals surface area contributed by atoms with E-state index in [1.807, 2.05) is 0 Å². The van der Waals surface area contributed by atoms with Gasteiger partial charge in [0.15, 0.2) is 5.78 Å². The maximum atomic E-state index is 11.5. The molecule has 0 aliphatic heterocycles. The second kappa shape index (κ2) is 8.39. The third-order valence-electron chi connectivity index (χ3n) is 3.05. The average Bonchev–Trinajstić information content (AvgIpc) is 2.44. The molecule has 0 spiro atoms. The number of aliphatic carboxylic acids is 1. The Hall–Kier alpha value is -1.92. The van der Waals surface area contributed by atoms with E-state index < -0.39 is 5.97 Å². The fourth-order valence-electron chi connectivity index (χ4n) is 1.99. The van der Waals surface area contributed by atoms with E-state index in [-0.39, 0.29) is 12.3 Å². The summed E-state index contributed by atoms with van der Waals surface area (Å²) >= 11 is 0. The smallest absolute Gasteiger partial charge is 0.317 e. The lowest BCUT2D eigenvalue weighted by Crippen LogP contribution is -2.32. The van der Waals surface area contributed by atoms with Crippen LogP contribution in [0.5, 0.6) is 5.75 Å². The van der Waals surface area contributed by atoms with Crippen molar-refractivity contribution in [1.29, 1.82) is 0 Å². The van der Waals surface area contributed by atoms with Gasteiger partial charge in [-0.25, -0.2) is 0 Å². The molecule has 0 aliphatic carbocycles. The number of ketones is 1. The van der Waals surface area contributed by atoms with Crippen LogP contribution < -0.4 is 4.74 Å². The first-order valence-electron chi connectivity index (χ1n) is 6.58. The predicted molar refractivity (Wildman–Crippen MR) is 77.8 cm³/mol. The van der Waals surface area contributed by atoms with Crippen LogP contribution in [-0.4, -0.2) is 55.7 Å². The zero-order valence-electron chi connectivity index (χ0n) is 12.6. The summed E-state index contributed by atoms with van der Waals surface area (Å²) in [6.45, 7) is 2.68. The first-order chi connectivity index (χ1) is 9.97. The minimum Gasteiger partial charge on any atom is -0.496 e. The number of rotatable bonds is 9. The van der Waals surface area contributed by atoms with E-state index in [4.69, 9.17) is 14.6 Å². The SMILES string of the molecule is COCCN(CC(=O)O)Cc1cc(C(C)=O)ccc1OC. The second-order valence-corrected chi connectivity index (χ2v) is 4.68. The van der Waals surface area contributed by atoms with Gasteiger partial charge in [0.1, 0.15) is 5.75 Å². The first kappa shape index (κ1) is 17.1. The second-order valence-electron chi connectivity index (χ2n) is 4.68. The van der Waals surface area contributed by atoms with Gasteiger partial charge in [-0.3, -0.25) is 14.5 Å². The normalized spacial score (nSPS) is 10.7. The van der Waals surface area contributed by atoms with Crippen molar-refractivity contribution in [3.8, 4) is 5.75 Å². The largest absolute Gasteiger partial charge is 0.496 e. The number of nitrogens with zero attached hydrogens (tertiary/aromatic N) is 1. The highest BCUT2D eigenvalue weighted by Gasteiger charge is 2.14. The Balaban J connectivity index is 2.96. The molecule has 0 fully saturated rings. The summed E-state index contributed by atoms with van der Waals surface area (Å²) in [4.78, 5) is 24.1. The molecule has 21 heavy (non-hydrogen) atoms. The highest BCUT2D eigenvalue weighted by Crippen LogP contribution is 2.22. The molecule has 0 unspecified atom stereocenters. The molecule has 0 aromatic heterocycles. The van der Waals surface area contributed by atoms with Gasteiger partial charge < -0.3 is 14.6 Å². The molecule has 0 bridgehead atoms. The van der Waals surface area contributed by atoms with E-state index in [2.05, 4.69) is 0 Å². The van der Waals surface area contributed by atoms with Gasteiger partial charge in [0, 0.05) is 31.3 Å². The van der Waals surface area contributed by atoms with Crippen LogP contribution in [0.3, 0.4) is 0 Å². The molecule has 0 heterocycles. The maximum Gasteiger partial charge on any atom is 0.317 e. The molecular weight excluding hydrogens is 274 g/mol. The van der Waals surface area contributed by atoms with Crippen molar-refractivity contribution in [3.05, 3.63) is 29.3 Å². The summed E-state index contributed by atoms with van der Waals surface area (Å²) in [6, 6.07) is 5.16. The molecule has 6 heteroatoms. The standard InChI is InChI=1S/C15H21NO5/c1-11(17)12-4-5-14(21-3)13(8-12)9-16(6-7-20-2)10-15(18)19/h4-5,8H,6-7,9-10H2,1-3H3,(H,18,19). The van der Waals surface area contributed by atoms with E-state index in [0.29, 0.717) is 31.0 Å². The van der Waals surface area contributed by atoms with Crippen LogP contribution in [-0.2, 0) is 16.1 Å². The van der Waals surface area contributed by atoms with Crippen molar-refractivity contribution >= 4 is 11.8 Å². The Bertz CT molecular complexity index is 501. The van der Waals surface area contributed by atoms with Crippen LogP contribution in [0, 0.1) is 0 Å². The molecule has 0 saturated heterocycles. The van der Waals surface area contributed by atoms with Crippen LogP contribution >= 0.6 is 0 Å². The number of ether oxygens (including phenoxy) is 2. The third kappa shape index (κ3) is 5.53. The quantitative estimate of drug-likeness (QED) is 0.695. The van der Waals surface area contributed by atoms with Crippen molar-refractivity contribution in [1.82, 2.24) is 4.90 Å². The summed E-state index contributed by atoms with van der Waals surface area (Å²) in [6.07, 6.45) is 0. The Kier molecular flexibility index (Phi) is 6.84. The summed E-state index contributed by atoms with van der Waals surface area (Å²) in [7, 11) is 3.11. The minimum absolute atomic E-state index is 0.0411. The van der Waals surface area contributed by atoms with Gasteiger partial charge in [0.25, 0.3) is 0 Å². The van der Waals surface area contributed by atoms with Gasteiger partial charge in [0.05, 0.1) is 20.3 Å². The van der Waals surface area contributed by atoms with Gasteiger partial charge in [0.2, 0.25) is 0 Å². The number of carbonyl (C=O) groups excluding carboxylic acids is 1. The van der Waals surface area contributed by atoms with E-state index in [1.54, 1.807) is 37.3 Å². The van der Waals surface area contributed by atoms with E-state index in [9.17, 15) is 9.59 Å². The molecule has 1 aromatic rings. The third-order valence-corrected chi connectivity index (χ3v) is 3.05. The number of methoxy groups -OCH3 is 2. The molecule has 0 saturated carbocycles. The van der Waals surface area contributed by atoms with Crippen molar-refractivity contribution in [3.63, 3.8) is 0 Å². The van der Waals surface area contributed by atoms with Crippen LogP contribution in [0.15, 0.2) is 18.2 Å². The van der Waals surface area contributed by atoms with Gasteiger partial charge in [-0.1, -0.05) is 0 Å². The topological polar surface area (TPSA) is 76.1 Å². The van der Waals surface area contributed by atoms with E-state index >= 15 is 0 Å². The van der Waals surface area contributed by atoms with Crippen LogP contribution in [0.25, 0.3) is 0 Å². The van der Waals surface area contributed by atoms with Gasteiger partial charge in [-0.05, 0) is 25.1 Å². The molecule has 0 atom stereocenters. The Labute approximate surface area is 124 Å². The molecule has 6 nitrogen and oxygen atoms in total. The van der Waals surface area contributed by atoms with Gasteiger partial charge in [-0.2, -0.15) is 0 Å². The van der Waals surface area contributed by atoms with Crippen molar-refractivity contribution in [2.24, 2.45) is 0 Å². The lowest BCUT2D eigenvalue weighted by molar-refractivity contribution is -0.138. The number of carboxylic acid groups (broad SMARTS) is 1. The molecule has 1 rings (SSSR count). The van der Waals surface area contributed by atoms with Crippen LogP contribution in [0.2, 0.25) is 0 Å². The molecule has 116 valence electrons. The fraction of sp³-hybridized carbons (Fsp3) is 0.467. The van der Waals surface area contributed by atoms with Crippen molar-refractivity contribution in [2.75, 3.05) is 33.9 Å². The minimum atomic E-state index is -0.909. The predicted octanol–water partition coefficient (Wildman–Crippen LogP) is 1.43. The molecular formula is C15H21NO5. The molecule has 1 aromatic carbocycles. The van der Waals surface area contributed by atoms with E-state index in [1.165, 1.54) is 6.92 Å². The monoisotopic (exact) mass is 295 g/mol. The molecule has 0 radical (unpaired) electrons. The Morgan fingerprint density at radius 2 is 2.00 bits per heavy atom. The molecule has 0 aliphatic rings. The lowest BCUT2D eigenvalue weighted by Gasteiger charge is -2.21. The van der Waals surface area contributed by atoms with Crippen molar-refractivity contribution < 1.29 is 24.2 Å². The van der Waals surface area contributed by atoms with Gasteiger partial charge in [-0.15, -0.1) is 0 Å². The Morgan fingerprint density at radius 3 is 2.52 bits per heavy atom. The highest BCUT2D eigenvalue weighted by atomic mass is 16.5. The van der Waals surface area contributed by atoms with Crippen LogP contribution in [0.4, 0.5) is 0 Å². The van der Waals surface area contributed by atoms with Gasteiger partial charge >= 0.3 is 5.97 Å². The number of Topliss-reactive ketones (excluding diaryl/α,β-unsaturated/α-hetero) is 1. The molecule has 1 N–H and O–H groups in total. The number of hydrogen-bond acceptors (Lipinski definition) is 5. The number of carboxylic acids is 1. The fourth-order valence-corrected chi connectivity index (χ4v) is 1.99. The lowest BCUT2D eigenvalue weighted by atomic mass is 10.1. The Morgan fingerprint density at radius 1 is 1.29 bits per heavy atom. The maximum absolute atomic E-state index is 11.5. The molecule has 0 amide bonds. The van der Waals surface area contributed by atoms with Crippen molar-refractivity contribution in [2.45, 2.75) is 13.5 Å². The zero-order chi connectivity index (χ0) is 15.8. The summed E-state index contributed by atoms with van der Waals surface area (Å²) in [5.41, 5.74) is 1.36. The zero-order valence-corrected chi connectivity index (χ0v) is 12.6. The van der Waals surface area contributed by atoms with E-state index in [0.717, 1.165) is 5.56 Å². The summed E-state index contributed by atoms with van der Waals surface area (Å²) in [5, 5.41) is 8.96. The summed E-state index contributed by atoms with van der Waals surface area (Å²) in [5.74, 6) is -0.318. The number of carbonyl (C=O) groups is 2. The van der Waals surface area contributed by atoms with Crippen LogP contribution in [0.1, 0.15) is 22.8 Å². The summed E-state index contributed by atoms with van der Waals surface area (Å²) < 4.78 is 10.3. The number of benzene rings is 1. The highest BCUT2D eigenvalue weighted by molar-refractivity contribution is 5.94. The first-order valence-corrected chi connectivity index (χ1v) is 6.58.